The normalized spacial score (nSPS) is 13.5. The van der Waals surface area contributed by atoms with E-state index in [4.69, 9.17) is 9.90 Å². The minimum Gasteiger partial charge on any atom is -0.475 e. The Bertz CT molecular complexity index is 1440. The molecule has 1 aliphatic rings. The van der Waals surface area contributed by atoms with Crippen molar-refractivity contribution in [1.29, 1.82) is 0 Å². The average Bonchev–Trinajstić information content (AvgIpc) is 2.93. The first kappa shape index (κ1) is 31.4. The van der Waals surface area contributed by atoms with Gasteiger partial charge >= 0.3 is 12.1 Å². The Morgan fingerprint density at radius 3 is 2.15 bits per heavy atom. The van der Waals surface area contributed by atoms with Crippen molar-refractivity contribution in [2.75, 3.05) is 42.8 Å². The Morgan fingerprint density at radius 2 is 1.59 bits per heavy atom. The van der Waals surface area contributed by atoms with Gasteiger partial charge in [-0.25, -0.2) is 13.2 Å². The van der Waals surface area contributed by atoms with Gasteiger partial charge in [0.25, 0.3) is 15.9 Å². The van der Waals surface area contributed by atoms with E-state index in [-0.39, 0.29) is 10.8 Å². The molecule has 1 saturated heterocycles. The Morgan fingerprint density at radius 1 is 1.00 bits per heavy atom. The van der Waals surface area contributed by atoms with Crippen molar-refractivity contribution in [3.63, 3.8) is 0 Å². The second-order valence-corrected chi connectivity index (χ2v) is 11.0. The number of aryl methyl sites for hydroxylation is 1. The van der Waals surface area contributed by atoms with Crippen molar-refractivity contribution >= 4 is 33.3 Å². The molecule has 0 unspecified atom stereocenters. The highest BCUT2D eigenvalue weighted by Crippen LogP contribution is 2.30. The number of aliphatic carboxylic acids is 1. The summed E-state index contributed by atoms with van der Waals surface area (Å²) >= 11 is 0. The number of nitrogens with zero attached hydrogens (tertiary/aromatic N) is 2. The number of carboxylic acids is 1. The lowest BCUT2D eigenvalue weighted by molar-refractivity contribution is -0.192. The highest BCUT2D eigenvalue weighted by molar-refractivity contribution is 7.92. The SMILES string of the molecule is Cc1ccc(S(=O)(=O)Nc2cc(C(=O)N(C)Cc3ccccc3)ccc2N2CCNCC2)cc1.O=C(O)C(F)(F)F. The molecule has 220 valence electrons. The van der Waals surface area contributed by atoms with Crippen LogP contribution in [0.25, 0.3) is 0 Å². The Labute approximate surface area is 236 Å². The summed E-state index contributed by atoms with van der Waals surface area (Å²) in [7, 11) is -2.07. The predicted molar refractivity (Wildman–Crippen MR) is 149 cm³/mol. The number of halogens is 3. The number of hydrogen-bond acceptors (Lipinski definition) is 6. The molecular formula is C28H31F3N4O5S. The first-order chi connectivity index (χ1) is 19.3. The fraction of sp³-hybridized carbons (Fsp3) is 0.286. The molecule has 3 aromatic carbocycles. The van der Waals surface area contributed by atoms with Crippen molar-refractivity contribution in [1.82, 2.24) is 10.2 Å². The summed E-state index contributed by atoms with van der Waals surface area (Å²) in [5.41, 5.74) is 3.60. The van der Waals surface area contributed by atoms with Crippen LogP contribution >= 0.6 is 0 Å². The largest absolute Gasteiger partial charge is 0.490 e. The summed E-state index contributed by atoms with van der Waals surface area (Å²) in [6.45, 7) is 5.49. The van der Waals surface area contributed by atoms with Crippen LogP contribution in [0, 0.1) is 6.92 Å². The zero-order chi connectivity index (χ0) is 30.2. The lowest BCUT2D eigenvalue weighted by atomic mass is 10.1. The van der Waals surface area contributed by atoms with Crippen LogP contribution in [0.1, 0.15) is 21.5 Å². The van der Waals surface area contributed by atoms with Crippen LogP contribution < -0.4 is 14.9 Å². The van der Waals surface area contributed by atoms with Crippen molar-refractivity contribution in [2.24, 2.45) is 0 Å². The predicted octanol–water partition coefficient (Wildman–Crippen LogP) is 4.11. The first-order valence-corrected chi connectivity index (χ1v) is 14.0. The highest BCUT2D eigenvalue weighted by Gasteiger charge is 2.38. The summed E-state index contributed by atoms with van der Waals surface area (Å²) in [4.78, 5) is 26.0. The molecule has 1 amide bonds. The third kappa shape index (κ3) is 8.95. The van der Waals surface area contributed by atoms with E-state index in [0.717, 1.165) is 43.0 Å². The molecule has 3 N–H and O–H groups in total. The van der Waals surface area contributed by atoms with Crippen molar-refractivity contribution in [3.05, 3.63) is 89.5 Å². The minimum atomic E-state index is -5.08. The topological polar surface area (TPSA) is 119 Å². The quantitative estimate of drug-likeness (QED) is 0.378. The Kier molecular flexibility index (Phi) is 10.4. The molecule has 1 aliphatic heterocycles. The molecule has 13 heteroatoms. The number of alkyl halides is 3. The number of piperazine rings is 1. The van der Waals surface area contributed by atoms with Gasteiger partial charge in [-0.2, -0.15) is 13.2 Å². The number of hydrogen-bond donors (Lipinski definition) is 3. The fourth-order valence-corrected chi connectivity index (χ4v) is 5.07. The van der Waals surface area contributed by atoms with E-state index >= 15 is 0 Å². The number of carbonyl (C=O) groups excluding carboxylic acids is 1. The molecule has 0 aliphatic carbocycles. The second-order valence-electron chi connectivity index (χ2n) is 9.34. The van der Waals surface area contributed by atoms with Gasteiger partial charge in [-0.1, -0.05) is 48.0 Å². The van der Waals surface area contributed by atoms with Crippen LogP contribution in [-0.2, 0) is 21.4 Å². The molecule has 0 bridgehead atoms. The molecular weight excluding hydrogens is 561 g/mol. The van der Waals surface area contributed by atoms with Crippen LogP contribution in [0.5, 0.6) is 0 Å². The molecule has 41 heavy (non-hydrogen) atoms. The Balaban J connectivity index is 0.000000587. The van der Waals surface area contributed by atoms with E-state index < -0.39 is 22.2 Å². The number of anilines is 2. The zero-order valence-corrected chi connectivity index (χ0v) is 23.3. The first-order valence-electron chi connectivity index (χ1n) is 12.6. The van der Waals surface area contributed by atoms with Gasteiger partial charge < -0.3 is 20.2 Å². The standard InChI is InChI=1S/C26H30N4O3S.C2HF3O2/c1-20-8-11-23(12-9-20)34(32,33)28-24-18-22(10-13-25(24)30-16-14-27-15-17-30)26(31)29(2)19-21-6-4-3-5-7-21;3-2(4,5)1(6)7/h3-13,18,27-28H,14-17,19H2,1-2H3;(H,6,7). The summed E-state index contributed by atoms with van der Waals surface area (Å²) in [5.74, 6) is -2.93. The van der Waals surface area contributed by atoms with E-state index in [1.807, 2.05) is 43.3 Å². The highest BCUT2D eigenvalue weighted by atomic mass is 32.2. The maximum atomic E-state index is 13.2. The number of amides is 1. The zero-order valence-electron chi connectivity index (χ0n) is 22.5. The van der Waals surface area contributed by atoms with Gasteiger partial charge in [-0.15, -0.1) is 0 Å². The average molecular weight is 593 g/mol. The van der Waals surface area contributed by atoms with Gasteiger partial charge in [0.1, 0.15) is 0 Å². The molecule has 3 aromatic rings. The second kappa shape index (κ2) is 13.5. The molecule has 1 fully saturated rings. The molecule has 0 spiro atoms. The summed E-state index contributed by atoms with van der Waals surface area (Å²) < 4.78 is 60.8. The van der Waals surface area contributed by atoms with Gasteiger partial charge in [0, 0.05) is 45.3 Å². The smallest absolute Gasteiger partial charge is 0.475 e. The number of nitrogens with one attached hydrogen (secondary N) is 2. The summed E-state index contributed by atoms with van der Waals surface area (Å²) in [5, 5.41) is 10.4. The third-order valence-corrected chi connectivity index (χ3v) is 7.51. The number of carbonyl (C=O) groups is 2. The van der Waals surface area contributed by atoms with Gasteiger partial charge in [0.15, 0.2) is 0 Å². The fourth-order valence-electron chi connectivity index (χ4n) is 4.00. The van der Waals surface area contributed by atoms with Gasteiger partial charge in [-0.3, -0.25) is 9.52 Å². The number of carboxylic acid groups (broad SMARTS) is 1. The molecule has 9 nitrogen and oxygen atoms in total. The molecule has 0 saturated carbocycles. The minimum absolute atomic E-state index is 0.175. The number of rotatable bonds is 7. The van der Waals surface area contributed by atoms with E-state index in [1.54, 1.807) is 48.3 Å². The van der Waals surface area contributed by atoms with Crippen molar-refractivity contribution in [3.8, 4) is 0 Å². The van der Waals surface area contributed by atoms with E-state index in [0.29, 0.717) is 17.8 Å². The maximum Gasteiger partial charge on any atom is 0.490 e. The lowest BCUT2D eigenvalue weighted by Gasteiger charge is -2.31. The molecule has 0 atom stereocenters. The van der Waals surface area contributed by atoms with Crippen LogP contribution in [-0.4, -0.2) is 69.7 Å². The summed E-state index contributed by atoms with van der Waals surface area (Å²) in [6.07, 6.45) is -5.08. The van der Waals surface area contributed by atoms with Crippen LogP contribution in [0.2, 0.25) is 0 Å². The molecule has 4 rings (SSSR count). The summed E-state index contributed by atoms with van der Waals surface area (Å²) in [6, 6.07) is 21.7. The number of benzene rings is 3. The van der Waals surface area contributed by atoms with Crippen molar-refractivity contribution < 1.29 is 36.3 Å². The van der Waals surface area contributed by atoms with E-state index in [2.05, 4.69) is 14.9 Å². The van der Waals surface area contributed by atoms with Gasteiger partial charge in [0.05, 0.1) is 16.3 Å². The van der Waals surface area contributed by atoms with Crippen LogP contribution in [0.4, 0.5) is 24.5 Å². The lowest BCUT2D eigenvalue weighted by Crippen LogP contribution is -2.43. The van der Waals surface area contributed by atoms with E-state index in [1.165, 1.54) is 0 Å². The van der Waals surface area contributed by atoms with Gasteiger partial charge in [0.2, 0.25) is 0 Å². The molecule has 0 radical (unpaired) electrons. The van der Waals surface area contributed by atoms with Gasteiger partial charge in [-0.05, 0) is 42.8 Å². The monoisotopic (exact) mass is 592 g/mol. The maximum absolute atomic E-state index is 13.2. The Hall–Kier alpha value is -4.10. The van der Waals surface area contributed by atoms with E-state index in [9.17, 15) is 26.4 Å². The van der Waals surface area contributed by atoms with Crippen LogP contribution in [0.3, 0.4) is 0 Å². The van der Waals surface area contributed by atoms with Crippen molar-refractivity contribution in [2.45, 2.75) is 24.5 Å². The number of sulfonamides is 1. The van der Waals surface area contributed by atoms with Crippen LogP contribution in [0.15, 0.2) is 77.7 Å². The molecule has 0 aromatic heterocycles. The molecule has 1 heterocycles. The third-order valence-electron chi connectivity index (χ3n) is 6.13.